The Balaban J connectivity index is 1.75. The van der Waals surface area contributed by atoms with Crippen LogP contribution < -0.4 is 10.1 Å². The van der Waals surface area contributed by atoms with Gasteiger partial charge in [0, 0.05) is 6.61 Å². The zero-order valence-electron chi connectivity index (χ0n) is 11.6. The van der Waals surface area contributed by atoms with Crippen molar-refractivity contribution in [2.24, 2.45) is 0 Å². The molecule has 0 aromatic heterocycles. The number of hydrogen-bond acceptors (Lipinski definition) is 3. The second-order valence-electron chi connectivity index (χ2n) is 5.48. The first-order chi connectivity index (χ1) is 9.36. The molecular weight excluding hydrogens is 238 g/mol. The van der Waals surface area contributed by atoms with E-state index in [1.807, 2.05) is 0 Å². The van der Waals surface area contributed by atoms with Crippen LogP contribution in [0, 0.1) is 0 Å². The molecule has 1 aliphatic heterocycles. The van der Waals surface area contributed by atoms with E-state index in [-0.39, 0.29) is 6.04 Å². The van der Waals surface area contributed by atoms with Gasteiger partial charge in [0.15, 0.2) is 0 Å². The molecule has 2 fully saturated rings. The summed E-state index contributed by atoms with van der Waals surface area (Å²) in [5.74, 6) is 1.00. The molecule has 3 heteroatoms. The van der Waals surface area contributed by atoms with Gasteiger partial charge in [-0.3, -0.25) is 0 Å². The van der Waals surface area contributed by atoms with E-state index in [0.29, 0.717) is 12.2 Å². The van der Waals surface area contributed by atoms with Crippen LogP contribution in [0.1, 0.15) is 44.2 Å². The van der Waals surface area contributed by atoms with Gasteiger partial charge < -0.3 is 14.8 Å². The molecule has 1 heterocycles. The zero-order valence-corrected chi connectivity index (χ0v) is 11.6. The fourth-order valence-electron chi connectivity index (χ4n) is 2.71. The quantitative estimate of drug-likeness (QED) is 0.853. The van der Waals surface area contributed by atoms with Crippen molar-refractivity contribution in [2.75, 3.05) is 13.2 Å². The molecule has 2 atom stereocenters. The summed E-state index contributed by atoms with van der Waals surface area (Å²) in [6.07, 6.45) is 5.47. The minimum atomic E-state index is 0.287. The van der Waals surface area contributed by atoms with E-state index in [4.69, 9.17) is 9.47 Å². The van der Waals surface area contributed by atoms with E-state index in [9.17, 15) is 0 Å². The first-order valence-corrected chi connectivity index (χ1v) is 7.48. The van der Waals surface area contributed by atoms with Crippen LogP contribution in [-0.2, 0) is 4.74 Å². The van der Waals surface area contributed by atoms with E-state index < -0.39 is 0 Å². The lowest BCUT2D eigenvalue weighted by atomic mass is 9.99. The lowest BCUT2D eigenvalue weighted by Crippen LogP contribution is -2.31. The van der Waals surface area contributed by atoms with E-state index in [1.165, 1.54) is 24.8 Å². The maximum Gasteiger partial charge on any atom is 0.120 e. The minimum absolute atomic E-state index is 0.287. The van der Waals surface area contributed by atoms with Crippen molar-refractivity contribution in [2.45, 2.75) is 50.9 Å². The maximum absolute atomic E-state index is 5.89. The molecule has 104 valence electrons. The first-order valence-electron chi connectivity index (χ1n) is 7.48. The molecular formula is C16H23NO2. The van der Waals surface area contributed by atoms with Crippen LogP contribution in [0.4, 0.5) is 0 Å². The molecule has 0 radical (unpaired) electrons. The van der Waals surface area contributed by atoms with Crippen LogP contribution in [0.25, 0.3) is 0 Å². The number of ether oxygens (including phenoxy) is 2. The predicted molar refractivity (Wildman–Crippen MR) is 75.5 cm³/mol. The third-order valence-electron chi connectivity index (χ3n) is 3.81. The summed E-state index contributed by atoms with van der Waals surface area (Å²) in [4.78, 5) is 0. The van der Waals surface area contributed by atoms with Gasteiger partial charge in [0.05, 0.1) is 18.2 Å². The summed E-state index contributed by atoms with van der Waals surface area (Å²) in [5, 5.41) is 3.56. The Morgan fingerprint density at radius 1 is 1.37 bits per heavy atom. The molecule has 3 rings (SSSR count). The molecule has 0 bridgehead atoms. The van der Waals surface area contributed by atoms with Crippen LogP contribution in [0.5, 0.6) is 5.75 Å². The van der Waals surface area contributed by atoms with E-state index in [0.717, 1.165) is 25.3 Å². The summed E-state index contributed by atoms with van der Waals surface area (Å²) in [6, 6.07) is 8.78. The van der Waals surface area contributed by atoms with Crippen molar-refractivity contribution in [3.8, 4) is 5.75 Å². The van der Waals surface area contributed by atoms with Gasteiger partial charge in [0.2, 0.25) is 0 Å². The highest BCUT2D eigenvalue weighted by atomic mass is 16.5. The summed E-state index contributed by atoms with van der Waals surface area (Å²) < 4.78 is 11.7. The molecule has 1 saturated carbocycles. The minimum Gasteiger partial charge on any atom is -0.490 e. The van der Waals surface area contributed by atoms with Crippen molar-refractivity contribution in [1.29, 1.82) is 0 Å². The third kappa shape index (κ3) is 3.28. The summed E-state index contributed by atoms with van der Waals surface area (Å²) >= 11 is 0. The smallest absolute Gasteiger partial charge is 0.120 e. The molecule has 0 amide bonds. The summed E-state index contributed by atoms with van der Waals surface area (Å²) in [7, 11) is 0. The Hall–Kier alpha value is -1.06. The highest BCUT2D eigenvalue weighted by molar-refractivity contribution is 5.31. The van der Waals surface area contributed by atoms with Crippen molar-refractivity contribution in [3.63, 3.8) is 0 Å². The number of likely N-dealkylation sites (N-methyl/N-ethyl adjacent to an activating group) is 1. The van der Waals surface area contributed by atoms with Crippen LogP contribution >= 0.6 is 0 Å². The second-order valence-corrected chi connectivity index (χ2v) is 5.48. The number of hydrogen-bond donors (Lipinski definition) is 1. The van der Waals surface area contributed by atoms with Crippen molar-refractivity contribution in [1.82, 2.24) is 5.32 Å². The van der Waals surface area contributed by atoms with Gasteiger partial charge in [0.1, 0.15) is 5.75 Å². The molecule has 3 nitrogen and oxygen atoms in total. The zero-order chi connectivity index (χ0) is 13.1. The van der Waals surface area contributed by atoms with E-state index >= 15 is 0 Å². The van der Waals surface area contributed by atoms with Crippen LogP contribution in [0.2, 0.25) is 0 Å². The Bertz CT molecular complexity index is 411. The Labute approximate surface area is 115 Å². The average Bonchev–Trinajstić information content (AvgIpc) is 3.07. The van der Waals surface area contributed by atoms with Gasteiger partial charge in [-0.2, -0.15) is 0 Å². The van der Waals surface area contributed by atoms with E-state index in [2.05, 4.69) is 36.5 Å². The Morgan fingerprint density at radius 3 is 2.95 bits per heavy atom. The normalized spacial score (nSPS) is 24.4. The average molecular weight is 261 g/mol. The lowest BCUT2D eigenvalue weighted by Gasteiger charge is -2.24. The highest BCUT2D eigenvalue weighted by Crippen LogP contribution is 2.31. The number of nitrogens with one attached hydrogen (secondary N) is 1. The molecule has 1 N–H and O–H groups in total. The number of benzene rings is 1. The molecule has 1 saturated heterocycles. The van der Waals surface area contributed by atoms with Gasteiger partial charge in [-0.15, -0.1) is 0 Å². The summed E-state index contributed by atoms with van der Waals surface area (Å²) in [5.41, 5.74) is 1.28. The van der Waals surface area contributed by atoms with Crippen LogP contribution in [0.15, 0.2) is 24.3 Å². The van der Waals surface area contributed by atoms with Crippen LogP contribution in [0.3, 0.4) is 0 Å². The second kappa shape index (κ2) is 5.93. The van der Waals surface area contributed by atoms with E-state index in [1.54, 1.807) is 0 Å². The fourth-order valence-corrected chi connectivity index (χ4v) is 2.71. The van der Waals surface area contributed by atoms with Gasteiger partial charge in [0.25, 0.3) is 0 Å². The lowest BCUT2D eigenvalue weighted by molar-refractivity contribution is 0.0787. The van der Waals surface area contributed by atoms with Crippen molar-refractivity contribution < 1.29 is 9.47 Å². The fraction of sp³-hybridized carbons (Fsp3) is 0.625. The molecule has 19 heavy (non-hydrogen) atoms. The Morgan fingerprint density at radius 2 is 2.26 bits per heavy atom. The SMILES string of the molecule is CCNC(c1cccc(OC2CC2)c1)C1CCCO1. The van der Waals surface area contributed by atoms with Gasteiger partial charge in [-0.25, -0.2) is 0 Å². The van der Waals surface area contributed by atoms with Crippen molar-refractivity contribution >= 4 is 0 Å². The molecule has 1 aromatic carbocycles. The molecule has 1 aliphatic carbocycles. The molecule has 2 unspecified atom stereocenters. The largest absolute Gasteiger partial charge is 0.490 e. The molecule has 1 aromatic rings. The summed E-state index contributed by atoms with van der Waals surface area (Å²) in [6.45, 7) is 4.00. The van der Waals surface area contributed by atoms with Gasteiger partial charge >= 0.3 is 0 Å². The standard InChI is InChI=1S/C16H23NO2/c1-2-17-16(15-7-4-10-18-15)12-5-3-6-14(11-12)19-13-8-9-13/h3,5-6,11,13,15-17H,2,4,7-10H2,1H3. The molecule has 2 aliphatic rings. The van der Waals surface area contributed by atoms with Crippen LogP contribution in [-0.4, -0.2) is 25.4 Å². The predicted octanol–water partition coefficient (Wildman–Crippen LogP) is 3.06. The third-order valence-corrected chi connectivity index (χ3v) is 3.81. The van der Waals surface area contributed by atoms with Gasteiger partial charge in [-0.05, 0) is 49.9 Å². The Kier molecular flexibility index (Phi) is 4.04. The van der Waals surface area contributed by atoms with Gasteiger partial charge in [-0.1, -0.05) is 19.1 Å². The van der Waals surface area contributed by atoms with Crippen molar-refractivity contribution in [3.05, 3.63) is 29.8 Å². The molecule has 0 spiro atoms. The monoisotopic (exact) mass is 261 g/mol. The number of rotatable bonds is 6. The topological polar surface area (TPSA) is 30.5 Å². The maximum atomic E-state index is 5.89. The highest BCUT2D eigenvalue weighted by Gasteiger charge is 2.28. The first kappa shape index (κ1) is 12.9.